The first kappa shape index (κ1) is 29.4. The molecule has 0 saturated carbocycles. The van der Waals surface area contributed by atoms with Gasteiger partial charge < -0.3 is 14.4 Å². The number of ether oxygens (including phenoxy) is 2. The number of amidine groups is 1. The van der Waals surface area contributed by atoms with Gasteiger partial charge in [-0.1, -0.05) is 48.0 Å². The largest absolute Gasteiger partial charge is 0.489 e. The van der Waals surface area contributed by atoms with Crippen LogP contribution in [-0.4, -0.2) is 51.4 Å². The molecule has 224 valence electrons. The molecule has 2 aliphatic heterocycles. The molecule has 0 radical (unpaired) electrons. The first-order chi connectivity index (χ1) is 21.5. The zero-order valence-corrected chi connectivity index (χ0v) is 25.6. The van der Waals surface area contributed by atoms with Crippen LogP contribution in [0.2, 0.25) is 0 Å². The third-order valence-corrected chi connectivity index (χ3v) is 8.74. The van der Waals surface area contributed by atoms with Crippen molar-refractivity contribution in [3.63, 3.8) is 0 Å². The highest BCUT2D eigenvalue weighted by molar-refractivity contribution is 8.18. The quantitative estimate of drug-likeness (QED) is 0.164. The minimum atomic E-state index is -0.268. The average molecular weight is 607 g/mol. The number of benzene rings is 3. The van der Waals surface area contributed by atoms with E-state index in [1.54, 1.807) is 0 Å². The van der Waals surface area contributed by atoms with Crippen LogP contribution >= 0.6 is 11.8 Å². The number of piperidine rings is 1. The number of hydrogen-bond acceptors (Lipinski definition) is 7. The maximum absolute atomic E-state index is 13.0. The molecular formula is C35H34N4O4S. The van der Waals surface area contributed by atoms with Crippen molar-refractivity contribution in [3.05, 3.63) is 107 Å². The number of nitrogens with zero attached hydrogens (tertiary/aromatic N) is 4. The summed E-state index contributed by atoms with van der Waals surface area (Å²) in [5, 5.41) is 5.59. The predicted molar refractivity (Wildman–Crippen MR) is 173 cm³/mol. The van der Waals surface area contributed by atoms with Crippen molar-refractivity contribution < 1.29 is 19.1 Å². The van der Waals surface area contributed by atoms with Gasteiger partial charge in [0.05, 0.1) is 28.8 Å². The number of para-hydroxylation sites is 1. The van der Waals surface area contributed by atoms with Crippen LogP contribution in [-0.2, 0) is 20.9 Å². The van der Waals surface area contributed by atoms with Gasteiger partial charge in [-0.3, -0.25) is 9.59 Å². The van der Waals surface area contributed by atoms with E-state index >= 15 is 0 Å². The molecule has 6 rings (SSSR count). The fourth-order valence-corrected chi connectivity index (χ4v) is 6.19. The molecule has 1 fully saturated rings. The van der Waals surface area contributed by atoms with E-state index in [0.717, 1.165) is 33.8 Å². The molecule has 3 aromatic carbocycles. The molecule has 0 bridgehead atoms. The van der Waals surface area contributed by atoms with Gasteiger partial charge in [0, 0.05) is 30.4 Å². The molecule has 9 heteroatoms. The number of hydrogen-bond donors (Lipinski definition) is 0. The third-order valence-electron chi connectivity index (χ3n) is 7.70. The van der Waals surface area contributed by atoms with Crippen molar-refractivity contribution in [2.24, 2.45) is 10.9 Å². The summed E-state index contributed by atoms with van der Waals surface area (Å²) in [5.41, 5.74) is 5.72. The normalized spacial score (nSPS) is 16.3. The van der Waals surface area contributed by atoms with E-state index in [1.807, 2.05) is 78.5 Å². The van der Waals surface area contributed by atoms with Gasteiger partial charge in [-0.05, 0) is 86.5 Å². The Morgan fingerprint density at radius 1 is 1.00 bits per heavy atom. The summed E-state index contributed by atoms with van der Waals surface area (Å²) in [6.45, 7) is 6.08. The molecule has 0 unspecified atom stereocenters. The zero-order chi connectivity index (χ0) is 30.5. The van der Waals surface area contributed by atoms with Crippen molar-refractivity contribution in [2.75, 3.05) is 19.7 Å². The van der Waals surface area contributed by atoms with Gasteiger partial charge in [0.2, 0.25) is 0 Å². The van der Waals surface area contributed by atoms with Gasteiger partial charge in [0.15, 0.2) is 5.17 Å². The Morgan fingerprint density at radius 3 is 2.43 bits per heavy atom. The lowest BCUT2D eigenvalue weighted by Gasteiger charge is -2.31. The number of thioether (sulfide) groups is 1. The molecule has 0 aliphatic carbocycles. The van der Waals surface area contributed by atoms with E-state index < -0.39 is 0 Å². The highest BCUT2D eigenvalue weighted by atomic mass is 32.2. The topological polar surface area (TPSA) is 86.0 Å². The second-order valence-electron chi connectivity index (χ2n) is 10.8. The van der Waals surface area contributed by atoms with Crippen LogP contribution in [0.5, 0.6) is 5.75 Å². The summed E-state index contributed by atoms with van der Waals surface area (Å²) in [4.78, 5) is 32.2. The lowest BCUT2D eigenvalue weighted by molar-refractivity contribution is -0.149. The highest BCUT2D eigenvalue weighted by Gasteiger charge is 2.32. The lowest BCUT2D eigenvalue weighted by Crippen LogP contribution is -2.39. The van der Waals surface area contributed by atoms with Gasteiger partial charge in [-0.15, -0.1) is 0 Å². The highest BCUT2D eigenvalue weighted by Crippen LogP contribution is 2.35. The van der Waals surface area contributed by atoms with E-state index in [4.69, 9.17) is 14.6 Å². The number of carbonyl (C=O) groups is 2. The Labute approximate surface area is 261 Å². The second-order valence-corrected chi connectivity index (χ2v) is 11.8. The second kappa shape index (κ2) is 13.3. The summed E-state index contributed by atoms with van der Waals surface area (Å²) in [5.74, 6) is 0.257. The Balaban J connectivity index is 1.20. The van der Waals surface area contributed by atoms with Gasteiger partial charge in [-0.2, -0.15) is 10.1 Å². The van der Waals surface area contributed by atoms with Crippen LogP contribution in [0.15, 0.2) is 95.0 Å². The van der Waals surface area contributed by atoms with Crippen molar-refractivity contribution >= 4 is 34.9 Å². The van der Waals surface area contributed by atoms with Gasteiger partial charge in [0.1, 0.15) is 12.4 Å². The molecule has 3 heterocycles. The van der Waals surface area contributed by atoms with E-state index in [1.165, 1.54) is 17.3 Å². The van der Waals surface area contributed by atoms with Gasteiger partial charge >= 0.3 is 5.97 Å². The Bertz CT molecular complexity index is 1690. The molecule has 1 saturated heterocycles. The van der Waals surface area contributed by atoms with E-state index in [9.17, 15) is 9.59 Å². The Morgan fingerprint density at radius 2 is 1.73 bits per heavy atom. The first-order valence-corrected chi connectivity index (χ1v) is 15.7. The Hall–Kier alpha value is -4.63. The predicted octanol–water partition coefficient (Wildman–Crippen LogP) is 6.67. The summed E-state index contributed by atoms with van der Waals surface area (Å²) in [6.07, 6.45) is 5.18. The fourth-order valence-electron chi connectivity index (χ4n) is 5.23. The maximum atomic E-state index is 13.0. The van der Waals surface area contributed by atoms with E-state index in [2.05, 4.69) is 41.1 Å². The smallest absolute Gasteiger partial charge is 0.309 e. The number of aliphatic imine (C=N–C) groups is 1. The molecule has 2 aliphatic rings. The monoisotopic (exact) mass is 606 g/mol. The van der Waals surface area contributed by atoms with Crippen LogP contribution in [0.1, 0.15) is 36.5 Å². The number of likely N-dealkylation sites (tertiary alicyclic amines) is 1. The number of aromatic nitrogens is 2. The minimum absolute atomic E-state index is 0.102. The standard InChI is InChI=1S/C35H34N4O4S/c1-3-42-34(41)27-17-19-38(20-18-27)35-36-33(40)31(44-35)21-28-22-39(29-7-5-4-6-8-29)37-32(28)26-13-15-30(16-14-26)43-23-25-11-9-24(2)10-12-25/h4-16,21-22,27H,3,17-20,23H2,1-2H3/b31-21-. The molecule has 44 heavy (non-hydrogen) atoms. The average Bonchev–Trinajstić information content (AvgIpc) is 3.65. The summed E-state index contributed by atoms with van der Waals surface area (Å²) in [6, 6.07) is 26.1. The molecule has 1 amide bonds. The van der Waals surface area contributed by atoms with Crippen LogP contribution in [0, 0.1) is 12.8 Å². The van der Waals surface area contributed by atoms with Crippen molar-refractivity contribution in [1.29, 1.82) is 0 Å². The molecule has 0 N–H and O–H groups in total. The van der Waals surface area contributed by atoms with Crippen LogP contribution in [0.25, 0.3) is 23.0 Å². The molecular weight excluding hydrogens is 572 g/mol. The van der Waals surface area contributed by atoms with E-state index in [-0.39, 0.29) is 17.8 Å². The zero-order valence-electron chi connectivity index (χ0n) is 24.8. The number of esters is 1. The van der Waals surface area contributed by atoms with Crippen LogP contribution in [0.4, 0.5) is 0 Å². The lowest BCUT2D eigenvalue weighted by atomic mass is 9.97. The molecule has 0 spiro atoms. The SMILES string of the molecule is CCOC(=O)C1CCN(C2=NC(=O)/C(=C/c3cn(-c4ccccc4)nc3-c3ccc(OCc4ccc(C)cc4)cc3)S2)CC1. The Kier molecular flexibility index (Phi) is 8.93. The number of aryl methyl sites for hydroxylation is 1. The van der Waals surface area contributed by atoms with Crippen molar-refractivity contribution in [3.8, 4) is 22.7 Å². The molecule has 4 aromatic rings. The van der Waals surface area contributed by atoms with Crippen molar-refractivity contribution in [1.82, 2.24) is 14.7 Å². The number of rotatable bonds is 8. The van der Waals surface area contributed by atoms with Gasteiger partial charge in [-0.25, -0.2) is 4.68 Å². The summed E-state index contributed by atoms with van der Waals surface area (Å²) < 4.78 is 13.0. The maximum Gasteiger partial charge on any atom is 0.309 e. The van der Waals surface area contributed by atoms with Crippen LogP contribution < -0.4 is 4.74 Å². The summed E-state index contributed by atoms with van der Waals surface area (Å²) >= 11 is 1.37. The fraction of sp³-hybridized carbons (Fsp3) is 0.257. The number of amides is 1. The summed E-state index contributed by atoms with van der Waals surface area (Å²) in [7, 11) is 0. The third kappa shape index (κ3) is 6.78. The van der Waals surface area contributed by atoms with Crippen molar-refractivity contribution in [2.45, 2.75) is 33.3 Å². The molecule has 0 atom stereocenters. The first-order valence-electron chi connectivity index (χ1n) is 14.8. The van der Waals surface area contributed by atoms with Gasteiger partial charge in [0.25, 0.3) is 5.91 Å². The number of carbonyl (C=O) groups excluding carboxylic acids is 2. The minimum Gasteiger partial charge on any atom is -0.489 e. The van der Waals surface area contributed by atoms with E-state index in [0.29, 0.717) is 49.2 Å². The van der Waals surface area contributed by atoms with Crippen LogP contribution in [0.3, 0.4) is 0 Å². The molecule has 8 nitrogen and oxygen atoms in total. The molecule has 1 aromatic heterocycles.